The van der Waals surface area contributed by atoms with Crippen molar-refractivity contribution in [3.63, 3.8) is 0 Å². The standard InChI is InChI=1S/C33H32ClN5O4/c1-2-42-31-19-28-26(18-29(31)38-32(40)9-6-12-39-13-15-41-16-14-39)33(24(20-35)21-36-28)37-25-10-11-30(27(34)17-25)43-22-23-7-4-3-5-8-23/h3-11,17-19,21H,2,12-16,22H2,1H3,(H,36,37)(H,38,40)/b9-6+. The number of amides is 1. The van der Waals surface area contributed by atoms with Crippen molar-refractivity contribution < 1.29 is 19.0 Å². The molecule has 5 rings (SSSR count). The molecule has 0 bridgehead atoms. The second kappa shape index (κ2) is 14.5. The van der Waals surface area contributed by atoms with E-state index in [1.807, 2.05) is 49.4 Å². The van der Waals surface area contributed by atoms with Crippen molar-refractivity contribution in [3.8, 4) is 17.6 Å². The average Bonchev–Trinajstić information content (AvgIpc) is 3.02. The molecule has 220 valence electrons. The second-order valence-electron chi connectivity index (χ2n) is 9.81. The molecule has 1 saturated heterocycles. The van der Waals surface area contributed by atoms with Crippen LogP contribution in [0.2, 0.25) is 5.02 Å². The minimum Gasteiger partial charge on any atom is -0.492 e. The Balaban J connectivity index is 1.38. The lowest BCUT2D eigenvalue weighted by Gasteiger charge is -2.25. The number of carbonyl (C=O) groups excluding carboxylic acids is 1. The fourth-order valence-electron chi connectivity index (χ4n) is 4.65. The number of morpholine rings is 1. The van der Waals surface area contributed by atoms with Crippen LogP contribution in [0.1, 0.15) is 18.1 Å². The highest BCUT2D eigenvalue weighted by Gasteiger charge is 2.16. The van der Waals surface area contributed by atoms with E-state index in [2.05, 4.69) is 26.6 Å². The summed E-state index contributed by atoms with van der Waals surface area (Å²) >= 11 is 6.56. The van der Waals surface area contributed by atoms with Gasteiger partial charge in [-0.25, -0.2) is 0 Å². The monoisotopic (exact) mass is 597 g/mol. The molecule has 10 heteroatoms. The minimum atomic E-state index is -0.287. The molecule has 0 unspecified atom stereocenters. The summed E-state index contributed by atoms with van der Waals surface area (Å²) in [5.74, 6) is 0.741. The molecule has 43 heavy (non-hydrogen) atoms. The zero-order chi connectivity index (χ0) is 30.0. The summed E-state index contributed by atoms with van der Waals surface area (Å²) in [6.07, 6.45) is 4.86. The number of hydrogen-bond donors (Lipinski definition) is 2. The van der Waals surface area contributed by atoms with Gasteiger partial charge in [-0.1, -0.05) is 48.0 Å². The number of carbonyl (C=O) groups is 1. The Hall–Kier alpha value is -4.62. The molecule has 0 spiro atoms. The Kier molecular flexibility index (Phi) is 10.1. The van der Waals surface area contributed by atoms with Crippen molar-refractivity contribution >= 4 is 45.5 Å². The molecule has 1 amide bonds. The van der Waals surface area contributed by atoms with Crippen LogP contribution in [0, 0.1) is 11.3 Å². The highest BCUT2D eigenvalue weighted by atomic mass is 35.5. The van der Waals surface area contributed by atoms with Gasteiger partial charge in [0.2, 0.25) is 5.91 Å². The zero-order valence-corrected chi connectivity index (χ0v) is 24.6. The van der Waals surface area contributed by atoms with E-state index >= 15 is 0 Å². The number of fused-ring (bicyclic) bond motifs is 1. The average molecular weight is 598 g/mol. The second-order valence-corrected chi connectivity index (χ2v) is 10.2. The van der Waals surface area contributed by atoms with Gasteiger partial charge in [-0.05, 0) is 36.8 Å². The van der Waals surface area contributed by atoms with Crippen LogP contribution in [0.25, 0.3) is 10.9 Å². The van der Waals surface area contributed by atoms with Crippen molar-refractivity contribution in [2.24, 2.45) is 0 Å². The predicted octanol–water partition coefficient (Wildman–Crippen LogP) is 6.31. The number of hydrogen-bond acceptors (Lipinski definition) is 8. The molecule has 0 radical (unpaired) electrons. The Morgan fingerprint density at radius 1 is 1.12 bits per heavy atom. The van der Waals surface area contributed by atoms with Gasteiger partial charge in [0, 0.05) is 49.0 Å². The molecule has 2 N–H and O–H groups in total. The summed E-state index contributed by atoms with van der Waals surface area (Å²) in [5.41, 5.74) is 3.62. The van der Waals surface area contributed by atoms with Gasteiger partial charge in [-0.15, -0.1) is 0 Å². The predicted molar refractivity (Wildman–Crippen MR) is 168 cm³/mol. The van der Waals surface area contributed by atoms with E-state index < -0.39 is 0 Å². The fraction of sp³-hybridized carbons (Fsp3) is 0.242. The van der Waals surface area contributed by atoms with E-state index in [0.717, 1.165) is 18.7 Å². The molecule has 3 aromatic carbocycles. The van der Waals surface area contributed by atoms with Crippen molar-refractivity contribution in [3.05, 3.63) is 95.2 Å². The van der Waals surface area contributed by atoms with Gasteiger partial charge < -0.3 is 24.8 Å². The number of aromatic nitrogens is 1. The number of ether oxygens (including phenoxy) is 3. The first-order valence-corrected chi connectivity index (χ1v) is 14.4. The molecule has 4 aromatic rings. The Bertz CT molecular complexity index is 1650. The Morgan fingerprint density at radius 2 is 1.93 bits per heavy atom. The van der Waals surface area contributed by atoms with E-state index in [4.69, 9.17) is 25.8 Å². The molecule has 1 aliphatic rings. The van der Waals surface area contributed by atoms with Crippen molar-refractivity contribution in [1.29, 1.82) is 5.26 Å². The zero-order valence-electron chi connectivity index (χ0n) is 23.8. The lowest BCUT2D eigenvalue weighted by Crippen LogP contribution is -2.36. The van der Waals surface area contributed by atoms with E-state index in [-0.39, 0.29) is 5.91 Å². The molecule has 9 nitrogen and oxygen atoms in total. The molecule has 2 heterocycles. The van der Waals surface area contributed by atoms with Crippen LogP contribution in [0.5, 0.6) is 11.5 Å². The molecule has 1 aliphatic heterocycles. The number of anilines is 3. The number of nitrogens with zero attached hydrogens (tertiary/aromatic N) is 3. The van der Waals surface area contributed by atoms with Crippen LogP contribution in [0.4, 0.5) is 17.1 Å². The quantitative estimate of drug-likeness (QED) is 0.194. The Morgan fingerprint density at radius 3 is 2.67 bits per heavy atom. The first-order chi connectivity index (χ1) is 21.0. The van der Waals surface area contributed by atoms with Crippen LogP contribution in [0.3, 0.4) is 0 Å². The van der Waals surface area contributed by atoms with Crippen LogP contribution in [-0.4, -0.2) is 55.2 Å². The molecule has 0 saturated carbocycles. The first kappa shape index (κ1) is 29.9. The number of nitriles is 1. The number of nitrogens with one attached hydrogen (secondary N) is 2. The summed E-state index contributed by atoms with van der Waals surface area (Å²) in [7, 11) is 0. The summed E-state index contributed by atoms with van der Waals surface area (Å²) in [5, 5.41) is 17.2. The highest BCUT2D eigenvalue weighted by Crippen LogP contribution is 2.37. The summed E-state index contributed by atoms with van der Waals surface area (Å²) in [6, 6.07) is 20.9. The number of pyridine rings is 1. The van der Waals surface area contributed by atoms with Crippen LogP contribution >= 0.6 is 11.6 Å². The maximum absolute atomic E-state index is 12.9. The van der Waals surface area contributed by atoms with Gasteiger partial charge in [0.05, 0.1) is 47.3 Å². The van der Waals surface area contributed by atoms with Crippen LogP contribution in [-0.2, 0) is 16.1 Å². The maximum atomic E-state index is 12.9. The lowest BCUT2D eigenvalue weighted by molar-refractivity contribution is -0.111. The first-order valence-electron chi connectivity index (χ1n) is 14.0. The normalized spacial score (nSPS) is 13.5. The third kappa shape index (κ3) is 7.81. The van der Waals surface area contributed by atoms with E-state index in [0.29, 0.717) is 83.0 Å². The van der Waals surface area contributed by atoms with Gasteiger partial charge in [-0.2, -0.15) is 5.26 Å². The smallest absolute Gasteiger partial charge is 0.248 e. The van der Waals surface area contributed by atoms with Crippen molar-refractivity contribution in [2.45, 2.75) is 13.5 Å². The molecule has 1 fully saturated rings. The van der Waals surface area contributed by atoms with Gasteiger partial charge in [0.15, 0.2) is 0 Å². The Labute approximate surface area is 255 Å². The van der Waals surface area contributed by atoms with Gasteiger partial charge in [-0.3, -0.25) is 14.7 Å². The third-order valence-corrected chi connectivity index (χ3v) is 7.12. The fourth-order valence-corrected chi connectivity index (χ4v) is 4.89. The summed E-state index contributed by atoms with van der Waals surface area (Å²) in [6.45, 7) is 6.39. The van der Waals surface area contributed by atoms with Crippen LogP contribution < -0.4 is 20.1 Å². The molecular weight excluding hydrogens is 566 g/mol. The van der Waals surface area contributed by atoms with Crippen LogP contribution in [0.15, 0.2) is 79.0 Å². The van der Waals surface area contributed by atoms with Crippen molar-refractivity contribution in [1.82, 2.24) is 9.88 Å². The molecular formula is C33H32ClN5O4. The largest absolute Gasteiger partial charge is 0.492 e. The van der Waals surface area contributed by atoms with Gasteiger partial charge in [0.1, 0.15) is 24.2 Å². The molecule has 0 aliphatic carbocycles. The number of benzene rings is 3. The lowest BCUT2D eigenvalue weighted by atomic mass is 10.1. The van der Waals surface area contributed by atoms with Gasteiger partial charge >= 0.3 is 0 Å². The van der Waals surface area contributed by atoms with E-state index in [1.165, 1.54) is 12.3 Å². The SMILES string of the molecule is CCOc1cc2ncc(C#N)c(Nc3ccc(OCc4ccccc4)c(Cl)c3)c2cc1NC(=O)/C=C/CN1CCOCC1. The van der Waals surface area contributed by atoms with Crippen molar-refractivity contribution in [2.75, 3.05) is 50.1 Å². The number of halogens is 1. The maximum Gasteiger partial charge on any atom is 0.248 e. The number of rotatable bonds is 11. The highest BCUT2D eigenvalue weighted by molar-refractivity contribution is 6.32. The third-order valence-electron chi connectivity index (χ3n) is 6.82. The molecule has 1 aromatic heterocycles. The van der Waals surface area contributed by atoms with E-state index in [9.17, 15) is 10.1 Å². The summed E-state index contributed by atoms with van der Waals surface area (Å²) < 4.78 is 17.1. The molecule has 0 atom stereocenters. The van der Waals surface area contributed by atoms with E-state index in [1.54, 1.807) is 24.3 Å². The summed E-state index contributed by atoms with van der Waals surface area (Å²) in [4.78, 5) is 19.5. The minimum absolute atomic E-state index is 0.287. The van der Waals surface area contributed by atoms with Gasteiger partial charge in [0.25, 0.3) is 0 Å². The topological polar surface area (TPSA) is 109 Å².